The molecule has 3 nitrogen and oxygen atoms in total. The molecule has 26 heavy (non-hydrogen) atoms. The van der Waals surface area contributed by atoms with Gasteiger partial charge in [0.05, 0.1) is 16.6 Å². The molecule has 3 aromatic carbocycles. The average molecular weight is 360 g/mol. The van der Waals surface area contributed by atoms with Gasteiger partial charge in [0.2, 0.25) is 0 Å². The molecule has 1 amide bonds. The summed E-state index contributed by atoms with van der Waals surface area (Å²) >= 11 is 1.56. The molecule has 0 radical (unpaired) electrons. The third kappa shape index (κ3) is 2.97. The first-order valence-electron chi connectivity index (χ1n) is 8.64. The minimum absolute atomic E-state index is 0.106. The first-order valence-corrected chi connectivity index (χ1v) is 9.45. The number of carbonyl (C=O) groups is 1. The van der Waals surface area contributed by atoms with Crippen molar-refractivity contribution in [3.8, 4) is 0 Å². The molecule has 4 rings (SSSR count). The Balaban J connectivity index is 1.78. The number of rotatable bonds is 2. The lowest BCUT2D eigenvalue weighted by atomic mass is 10.0. The number of hydrogen-bond acceptors (Lipinski definition) is 2. The molecule has 0 aliphatic rings. The number of amides is 1. The molecule has 4 aromatic rings. The van der Waals surface area contributed by atoms with Crippen LogP contribution in [0, 0.1) is 13.8 Å². The fourth-order valence-corrected chi connectivity index (χ4v) is 4.38. The maximum atomic E-state index is 12.6. The van der Waals surface area contributed by atoms with Crippen molar-refractivity contribution in [3.05, 3.63) is 76.1 Å². The lowest BCUT2D eigenvalue weighted by Crippen LogP contribution is -2.14. The highest BCUT2D eigenvalue weighted by molar-refractivity contribution is 7.16. The number of aromatic nitrogens is 1. The number of aryl methyl sites for hydroxylation is 3. The predicted molar refractivity (Wildman–Crippen MR) is 108 cm³/mol. The van der Waals surface area contributed by atoms with Crippen LogP contribution in [0.1, 0.15) is 16.7 Å². The molecule has 0 fully saturated rings. The molecule has 130 valence electrons. The van der Waals surface area contributed by atoms with E-state index in [1.165, 1.54) is 10.8 Å². The third-order valence-corrected chi connectivity index (χ3v) is 5.85. The minimum Gasteiger partial charge on any atom is -0.319 e. The highest BCUT2D eigenvalue weighted by atomic mass is 32.1. The fraction of sp³-hybridized carbons (Fsp3) is 0.182. The minimum atomic E-state index is -0.106. The van der Waals surface area contributed by atoms with Gasteiger partial charge in [-0.05, 0) is 36.4 Å². The molecule has 0 atom stereocenters. The molecule has 1 aromatic heterocycles. The van der Waals surface area contributed by atoms with Crippen molar-refractivity contribution >= 4 is 38.2 Å². The highest BCUT2D eigenvalue weighted by Gasteiger charge is 2.10. The summed E-state index contributed by atoms with van der Waals surface area (Å²) in [6, 6.07) is 18.7. The zero-order valence-electron chi connectivity index (χ0n) is 15.1. The van der Waals surface area contributed by atoms with Crippen molar-refractivity contribution in [2.24, 2.45) is 12.0 Å². The molecule has 0 aliphatic carbocycles. The van der Waals surface area contributed by atoms with Gasteiger partial charge in [0.15, 0.2) is 4.80 Å². The maximum absolute atomic E-state index is 12.6. The van der Waals surface area contributed by atoms with Crippen molar-refractivity contribution in [3.63, 3.8) is 0 Å². The van der Waals surface area contributed by atoms with Crippen molar-refractivity contribution in [2.75, 3.05) is 0 Å². The predicted octanol–water partition coefficient (Wildman–Crippen LogP) is 4.68. The fourth-order valence-electron chi connectivity index (χ4n) is 3.32. The highest BCUT2D eigenvalue weighted by Crippen LogP contribution is 2.26. The number of fused-ring (bicyclic) bond motifs is 3. The van der Waals surface area contributed by atoms with E-state index in [9.17, 15) is 4.79 Å². The molecule has 0 N–H and O–H groups in total. The molecule has 0 saturated heterocycles. The summed E-state index contributed by atoms with van der Waals surface area (Å²) in [7, 11) is 1.98. The molecule has 4 heteroatoms. The summed E-state index contributed by atoms with van der Waals surface area (Å²) in [4.78, 5) is 17.7. The topological polar surface area (TPSA) is 34.4 Å². The van der Waals surface area contributed by atoms with E-state index in [2.05, 4.69) is 47.5 Å². The lowest BCUT2D eigenvalue weighted by Gasteiger charge is -2.04. The Kier molecular flexibility index (Phi) is 4.21. The van der Waals surface area contributed by atoms with E-state index >= 15 is 0 Å². The summed E-state index contributed by atoms with van der Waals surface area (Å²) < 4.78 is 3.17. The van der Waals surface area contributed by atoms with Crippen molar-refractivity contribution in [1.82, 2.24) is 4.57 Å². The van der Waals surface area contributed by atoms with Crippen LogP contribution < -0.4 is 4.80 Å². The van der Waals surface area contributed by atoms with Crippen molar-refractivity contribution < 1.29 is 4.79 Å². The van der Waals surface area contributed by atoms with Gasteiger partial charge in [-0.3, -0.25) is 4.79 Å². The summed E-state index contributed by atoms with van der Waals surface area (Å²) in [6.07, 6.45) is 0.336. The molecule has 0 saturated carbocycles. The number of benzene rings is 3. The summed E-state index contributed by atoms with van der Waals surface area (Å²) in [5.41, 5.74) is 4.47. The Morgan fingerprint density at radius 1 is 1.08 bits per heavy atom. The van der Waals surface area contributed by atoms with Crippen molar-refractivity contribution in [2.45, 2.75) is 20.3 Å². The van der Waals surface area contributed by atoms with Gasteiger partial charge in [-0.25, -0.2) is 0 Å². The van der Waals surface area contributed by atoms with E-state index in [4.69, 9.17) is 0 Å². The van der Waals surface area contributed by atoms with Gasteiger partial charge in [0.25, 0.3) is 5.91 Å². The van der Waals surface area contributed by atoms with Crippen LogP contribution in [0.3, 0.4) is 0 Å². The smallest absolute Gasteiger partial charge is 0.252 e. The second-order valence-corrected chi connectivity index (χ2v) is 7.70. The Morgan fingerprint density at radius 2 is 1.88 bits per heavy atom. The van der Waals surface area contributed by atoms with Gasteiger partial charge in [-0.15, -0.1) is 0 Å². The number of carbonyl (C=O) groups excluding carboxylic acids is 1. The molecule has 0 bridgehead atoms. The van der Waals surface area contributed by atoms with Crippen LogP contribution in [-0.4, -0.2) is 10.5 Å². The Bertz CT molecular complexity index is 1210. The first kappa shape index (κ1) is 16.7. The van der Waals surface area contributed by atoms with Gasteiger partial charge < -0.3 is 4.57 Å². The van der Waals surface area contributed by atoms with E-state index in [-0.39, 0.29) is 5.91 Å². The van der Waals surface area contributed by atoms with E-state index < -0.39 is 0 Å². The molecular weight excluding hydrogens is 340 g/mol. The first-order chi connectivity index (χ1) is 12.5. The van der Waals surface area contributed by atoms with Gasteiger partial charge in [-0.1, -0.05) is 65.4 Å². The second-order valence-electron chi connectivity index (χ2n) is 6.69. The van der Waals surface area contributed by atoms with Crippen LogP contribution in [0.4, 0.5) is 0 Å². The van der Waals surface area contributed by atoms with Crippen LogP contribution >= 0.6 is 11.3 Å². The maximum Gasteiger partial charge on any atom is 0.252 e. The standard InChI is InChI=1S/C22H20N2OS/c1-14-8-9-15(2)17(12-14)13-20(25)23-22-24(3)21-18-7-5-4-6-16(18)10-11-19(21)26-22/h4-12H,13H2,1-3H3. The van der Waals surface area contributed by atoms with Crippen molar-refractivity contribution in [1.29, 1.82) is 0 Å². The zero-order chi connectivity index (χ0) is 18.3. The van der Waals surface area contributed by atoms with Gasteiger partial charge >= 0.3 is 0 Å². The Morgan fingerprint density at radius 3 is 2.73 bits per heavy atom. The van der Waals surface area contributed by atoms with Crippen LogP contribution in [0.5, 0.6) is 0 Å². The average Bonchev–Trinajstić information content (AvgIpc) is 2.94. The van der Waals surface area contributed by atoms with E-state index in [1.54, 1.807) is 11.3 Å². The van der Waals surface area contributed by atoms with E-state index in [0.29, 0.717) is 6.42 Å². The molecule has 1 heterocycles. The summed E-state index contributed by atoms with van der Waals surface area (Å²) in [5, 5.41) is 2.38. The molecule has 0 aliphatic heterocycles. The van der Waals surface area contributed by atoms with Gasteiger partial charge in [0, 0.05) is 12.4 Å². The van der Waals surface area contributed by atoms with E-state index in [1.807, 2.05) is 37.6 Å². The lowest BCUT2D eigenvalue weighted by molar-refractivity contribution is -0.117. The summed E-state index contributed by atoms with van der Waals surface area (Å²) in [6.45, 7) is 4.08. The normalized spacial score (nSPS) is 12.2. The molecule has 0 unspecified atom stereocenters. The monoisotopic (exact) mass is 360 g/mol. The Labute approximate surface area is 156 Å². The van der Waals surface area contributed by atoms with Crippen LogP contribution in [-0.2, 0) is 18.3 Å². The van der Waals surface area contributed by atoms with Gasteiger partial charge in [-0.2, -0.15) is 4.99 Å². The van der Waals surface area contributed by atoms with Crippen LogP contribution in [0.25, 0.3) is 21.0 Å². The van der Waals surface area contributed by atoms with Gasteiger partial charge in [0.1, 0.15) is 0 Å². The number of nitrogens with zero attached hydrogens (tertiary/aromatic N) is 2. The SMILES string of the molecule is Cc1ccc(C)c(CC(=O)N=c2sc3ccc4ccccc4c3n2C)c1. The zero-order valence-corrected chi connectivity index (χ0v) is 15.9. The van der Waals surface area contributed by atoms with E-state index in [0.717, 1.165) is 31.7 Å². The molecule has 0 spiro atoms. The van der Waals surface area contributed by atoms with Crippen LogP contribution in [0.15, 0.2) is 59.6 Å². The number of hydrogen-bond donors (Lipinski definition) is 0. The van der Waals surface area contributed by atoms with Crippen LogP contribution in [0.2, 0.25) is 0 Å². The quantitative estimate of drug-likeness (QED) is 0.511. The Hall–Kier alpha value is -2.72. The number of thiazole rings is 1. The third-order valence-electron chi connectivity index (χ3n) is 4.75. The second kappa shape index (κ2) is 6.54. The molecular formula is C22H20N2OS. The summed E-state index contributed by atoms with van der Waals surface area (Å²) in [5.74, 6) is -0.106. The largest absolute Gasteiger partial charge is 0.319 e.